The molecule has 50 heavy (non-hydrogen) atoms. The summed E-state index contributed by atoms with van der Waals surface area (Å²) in [6.45, 7) is 3.74. The minimum Gasteiger partial charge on any atom is -0.455 e. The molecule has 2 N–H and O–H groups in total. The van der Waals surface area contributed by atoms with Gasteiger partial charge in [-0.25, -0.2) is 0 Å². The van der Waals surface area contributed by atoms with Gasteiger partial charge in [-0.1, -0.05) is 86.5 Å². The normalized spacial score (nSPS) is 31.7. The zero-order chi connectivity index (χ0) is 35.6. The maximum absolute atomic E-state index is 15.0. The molecular formula is C38H44ClN3O8. The standard InChI is InChI=1S/C38H44ClN3O8/c1-4-23(2)28(21-43)42-34-36(46)41(26-17-15-25(39)16-18-26)20-10-19-38(34)32(35(42)45)31-29(50-38)13-8-9-14-30(44)40-27(22-48-3)33(49-37(31)47)24-11-6-5-7-12-24/h5-8,10-13,15-19,23,27-29,31-34,43H,4,9,14,20-22H2,1-3H3,(H,40,44)/b13-8-/t23-,27+,28-,29+,31-,32-,33+,34+,38-/m0/s1. The molecular weight excluding hydrogens is 662 g/mol. The number of nitrogens with one attached hydrogen (secondary N) is 1. The Labute approximate surface area is 297 Å². The number of nitrogens with zero attached hydrogens (tertiary/aromatic N) is 2. The largest absolute Gasteiger partial charge is 0.455 e. The Morgan fingerprint density at radius 2 is 1.80 bits per heavy atom. The van der Waals surface area contributed by atoms with Crippen LogP contribution in [0.2, 0.25) is 5.02 Å². The van der Waals surface area contributed by atoms with E-state index in [0.29, 0.717) is 29.1 Å². The molecule has 266 valence electrons. The number of fused-ring (bicyclic) bond motifs is 2. The molecule has 0 aliphatic carbocycles. The number of benzene rings is 2. The lowest BCUT2D eigenvalue weighted by atomic mass is 9.77. The number of aliphatic hydroxyl groups excluding tert-OH is 1. The zero-order valence-corrected chi connectivity index (χ0v) is 29.2. The summed E-state index contributed by atoms with van der Waals surface area (Å²) in [7, 11) is 1.50. The fraction of sp³-hybridized carbons (Fsp3) is 0.474. The van der Waals surface area contributed by atoms with Crippen molar-refractivity contribution in [3.8, 4) is 0 Å². The fourth-order valence-corrected chi connectivity index (χ4v) is 7.98. The van der Waals surface area contributed by atoms with Crippen LogP contribution in [0.4, 0.5) is 5.69 Å². The van der Waals surface area contributed by atoms with Gasteiger partial charge in [-0.05, 0) is 42.2 Å². The van der Waals surface area contributed by atoms with Gasteiger partial charge in [0.05, 0.1) is 37.3 Å². The van der Waals surface area contributed by atoms with Gasteiger partial charge in [-0.15, -0.1) is 0 Å². The van der Waals surface area contributed by atoms with Crippen LogP contribution in [0.3, 0.4) is 0 Å². The SMILES string of the molecule is CC[C@H](C)[C@H](CO)N1C(=O)[C@@H]2[C@H]3C(=O)O[C@H](c4ccccc4)[C@@H](COC)NC(=O)CC/C=C\[C@H]3O[C@@]23C=CCN(c2ccc(Cl)cc2)C(=O)[C@@H]13. The second-order valence-electron chi connectivity index (χ2n) is 13.4. The highest BCUT2D eigenvalue weighted by Gasteiger charge is 2.73. The van der Waals surface area contributed by atoms with E-state index in [-0.39, 0.29) is 38.0 Å². The van der Waals surface area contributed by atoms with Crippen molar-refractivity contribution < 1.29 is 38.5 Å². The summed E-state index contributed by atoms with van der Waals surface area (Å²) in [5, 5.41) is 14.2. The molecule has 11 nitrogen and oxygen atoms in total. The maximum atomic E-state index is 15.0. The van der Waals surface area contributed by atoms with Gasteiger partial charge < -0.3 is 34.4 Å². The molecule has 6 rings (SSSR count). The van der Waals surface area contributed by atoms with Crippen LogP contribution in [-0.4, -0.2) is 90.4 Å². The van der Waals surface area contributed by atoms with E-state index in [1.165, 1.54) is 12.0 Å². The first-order valence-corrected chi connectivity index (χ1v) is 17.6. The molecule has 2 saturated heterocycles. The van der Waals surface area contributed by atoms with Gasteiger partial charge in [0.15, 0.2) is 0 Å². The van der Waals surface area contributed by atoms with Gasteiger partial charge in [0, 0.05) is 30.8 Å². The van der Waals surface area contributed by atoms with Crippen molar-refractivity contribution in [3.63, 3.8) is 0 Å². The van der Waals surface area contributed by atoms with Crippen LogP contribution in [-0.2, 0) is 33.4 Å². The Morgan fingerprint density at radius 3 is 2.48 bits per heavy atom. The maximum Gasteiger partial charge on any atom is 0.313 e. The lowest BCUT2D eigenvalue weighted by Crippen LogP contribution is -2.59. The predicted octanol–water partition coefficient (Wildman–Crippen LogP) is 4.00. The van der Waals surface area contributed by atoms with Crippen LogP contribution in [0.25, 0.3) is 0 Å². The Bertz CT molecular complexity index is 1630. The highest BCUT2D eigenvalue weighted by Crippen LogP contribution is 2.54. The molecule has 1 spiro atoms. The monoisotopic (exact) mass is 705 g/mol. The highest BCUT2D eigenvalue weighted by atomic mass is 35.5. The van der Waals surface area contributed by atoms with Gasteiger partial charge in [0.25, 0.3) is 5.91 Å². The molecule has 3 amide bonds. The average Bonchev–Trinajstić information content (AvgIpc) is 3.50. The third kappa shape index (κ3) is 6.48. The Kier molecular flexibility index (Phi) is 10.8. The zero-order valence-electron chi connectivity index (χ0n) is 28.4. The van der Waals surface area contributed by atoms with E-state index >= 15 is 0 Å². The van der Waals surface area contributed by atoms with E-state index in [9.17, 15) is 24.3 Å². The third-order valence-corrected chi connectivity index (χ3v) is 10.7. The minimum absolute atomic E-state index is 0.0615. The number of amides is 3. The number of anilines is 1. The fourth-order valence-electron chi connectivity index (χ4n) is 7.85. The first-order chi connectivity index (χ1) is 24.1. The number of cyclic esters (lactones) is 1. The minimum atomic E-state index is -1.56. The summed E-state index contributed by atoms with van der Waals surface area (Å²) in [4.78, 5) is 60.5. The van der Waals surface area contributed by atoms with E-state index in [2.05, 4.69) is 5.32 Å². The summed E-state index contributed by atoms with van der Waals surface area (Å²) < 4.78 is 18.6. The van der Waals surface area contributed by atoms with Crippen molar-refractivity contribution in [3.05, 3.63) is 89.5 Å². The van der Waals surface area contributed by atoms with Gasteiger partial charge in [0.2, 0.25) is 11.8 Å². The molecule has 12 heteroatoms. The number of rotatable bonds is 8. The molecule has 9 atom stereocenters. The average molecular weight is 706 g/mol. The molecule has 0 radical (unpaired) electrons. The lowest BCUT2D eigenvalue weighted by Gasteiger charge is -2.40. The second kappa shape index (κ2) is 15.1. The Morgan fingerprint density at radius 1 is 1.06 bits per heavy atom. The highest BCUT2D eigenvalue weighted by molar-refractivity contribution is 6.30. The van der Waals surface area contributed by atoms with E-state index in [0.717, 1.165) is 0 Å². The summed E-state index contributed by atoms with van der Waals surface area (Å²) in [6, 6.07) is 13.3. The molecule has 2 aromatic carbocycles. The van der Waals surface area contributed by atoms with Gasteiger partial charge in [0.1, 0.15) is 23.7 Å². The van der Waals surface area contributed by atoms with Crippen molar-refractivity contribution in [2.45, 2.75) is 69.0 Å². The number of carbonyl (C=O) groups is 4. The molecule has 0 saturated carbocycles. The van der Waals surface area contributed by atoms with Crippen LogP contribution >= 0.6 is 11.6 Å². The topological polar surface area (TPSA) is 135 Å². The first kappa shape index (κ1) is 35.8. The number of esters is 1. The number of aliphatic hydroxyl groups is 1. The summed E-state index contributed by atoms with van der Waals surface area (Å²) >= 11 is 6.17. The molecule has 2 aromatic rings. The molecule has 4 aliphatic heterocycles. The molecule has 0 aromatic heterocycles. The molecule has 4 heterocycles. The third-order valence-electron chi connectivity index (χ3n) is 10.5. The number of carbonyl (C=O) groups excluding carboxylic acids is 4. The Hall–Kier alpha value is -4.03. The molecule has 0 bridgehead atoms. The number of hydrogen-bond acceptors (Lipinski definition) is 8. The van der Waals surface area contributed by atoms with Crippen molar-refractivity contribution in [2.75, 3.05) is 31.8 Å². The molecule has 4 aliphatic rings. The van der Waals surface area contributed by atoms with Gasteiger partial charge in [-0.2, -0.15) is 0 Å². The van der Waals surface area contributed by atoms with E-state index in [1.807, 2.05) is 32.0 Å². The lowest BCUT2D eigenvalue weighted by molar-refractivity contribution is -0.163. The summed E-state index contributed by atoms with van der Waals surface area (Å²) in [5.74, 6) is -4.28. The van der Waals surface area contributed by atoms with Gasteiger partial charge in [-0.3, -0.25) is 19.2 Å². The molecule has 0 unspecified atom stereocenters. The van der Waals surface area contributed by atoms with E-state index in [4.69, 9.17) is 25.8 Å². The second-order valence-corrected chi connectivity index (χ2v) is 13.9. The van der Waals surface area contributed by atoms with Crippen molar-refractivity contribution >= 4 is 41.0 Å². The van der Waals surface area contributed by atoms with E-state index < -0.39 is 65.6 Å². The number of halogens is 1. The summed E-state index contributed by atoms with van der Waals surface area (Å²) in [6.07, 6.45) is 6.25. The quantitative estimate of drug-likeness (QED) is 0.311. The van der Waals surface area contributed by atoms with Crippen LogP contribution < -0.4 is 10.2 Å². The predicted molar refractivity (Wildman–Crippen MR) is 186 cm³/mol. The van der Waals surface area contributed by atoms with Crippen LogP contribution in [0.15, 0.2) is 78.9 Å². The Balaban J connectivity index is 1.48. The number of methoxy groups -OCH3 is 1. The summed E-state index contributed by atoms with van der Waals surface area (Å²) in [5.41, 5.74) is -0.340. The number of allylic oxidation sites excluding steroid dienone is 1. The number of likely N-dealkylation sites (tertiary alicyclic amines) is 1. The number of hydrogen-bond donors (Lipinski definition) is 2. The van der Waals surface area contributed by atoms with Crippen LogP contribution in [0, 0.1) is 17.8 Å². The smallest absolute Gasteiger partial charge is 0.313 e. The van der Waals surface area contributed by atoms with E-state index in [1.54, 1.807) is 65.6 Å². The van der Waals surface area contributed by atoms with Gasteiger partial charge >= 0.3 is 5.97 Å². The number of ether oxygens (including phenoxy) is 3. The molecule has 2 fully saturated rings. The van der Waals surface area contributed by atoms with Crippen molar-refractivity contribution in [1.82, 2.24) is 10.2 Å². The van der Waals surface area contributed by atoms with Crippen molar-refractivity contribution in [2.24, 2.45) is 17.8 Å². The van der Waals surface area contributed by atoms with Crippen LogP contribution in [0.1, 0.15) is 44.8 Å². The van der Waals surface area contributed by atoms with Crippen LogP contribution in [0.5, 0.6) is 0 Å². The first-order valence-electron chi connectivity index (χ1n) is 17.2. The van der Waals surface area contributed by atoms with Crippen molar-refractivity contribution in [1.29, 1.82) is 0 Å².